The van der Waals surface area contributed by atoms with Crippen LogP contribution >= 0.6 is 0 Å². The van der Waals surface area contributed by atoms with Crippen LogP contribution in [0.3, 0.4) is 0 Å². The number of nitrogens with one attached hydrogen (secondary N) is 1. The predicted octanol–water partition coefficient (Wildman–Crippen LogP) is 0.506. The van der Waals surface area contributed by atoms with Crippen LogP contribution in [0.1, 0.15) is 5.56 Å². The van der Waals surface area contributed by atoms with Crippen LogP contribution in [-0.2, 0) is 14.8 Å². The van der Waals surface area contributed by atoms with Crippen molar-refractivity contribution in [1.82, 2.24) is 19.8 Å². The zero-order valence-electron chi connectivity index (χ0n) is 14.4. The van der Waals surface area contributed by atoms with E-state index >= 15 is 0 Å². The van der Waals surface area contributed by atoms with Crippen molar-refractivity contribution in [2.75, 3.05) is 31.1 Å². The second-order valence-corrected chi connectivity index (χ2v) is 7.76. The Kier molecular flexibility index (Phi) is 5.79. The number of benzene rings is 1. The number of nitrogens with zero attached hydrogens (tertiary/aromatic N) is 4. The molecule has 0 bridgehead atoms. The Morgan fingerprint density at radius 2 is 1.70 bits per heavy atom. The van der Waals surface area contributed by atoms with Gasteiger partial charge in [0.1, 0.15) is 0 Å². The van der Waals surface area contributed by atoms with Crippen molar-refractivity contribution in [3.8, 4) is 0 Å². The number of amides is 1. The molecule has 3 rings (SSSR count). The predicted molar refractivity (Wildman–Crippen MR) is 98.4 cm³/mol. The summed E-state index contributed by atoms with van der Waals surface area (Å²) in [6.45, 7) is 1.72. The zero-order valence-corrected chi connectivity index (χ0v) is 15.2. The molecule has 0 atom stereocenters. The van der Waals surface area contributed by atoms with E-state index in [9.17, 15) is 13.2 Å². The van der Waals surface area contributed by atoms with E-state index in [1.807, 2.05) is 4.90 Å². The van der Waals surface area contributed by atoms with Gasteiger partial charge in [0.05, 0.1) is 4.90 Å². The van der Waals surface area contributed by atoms with Crippen LogP contribution in [0.15, 0.2) is 53.7 Å². The molecule has 142 valence electrons. The summed E-state index contributed by atoms with van der Waals surface area (Å²) in [6.07, 6.45) is 5.94. The first-order valence-electron chi connectivity index (χ1n) is 8.25. The van der Waals surface area contributed by atoms with Gasteiger partial charge in [0.15, 0.2) is 0 Å². The molecule has 0 spiro atoms. The molecule has 27 heavy (non-hydrogen) atoms. The van der Waals surface area contributed by atoms with Crippen LogP contribution in [-0.4, -0.2) is 60.0 Å². The normalized spacial score (nSPS) is 15.8. The van der Waals surface area contributed by atoms with Crippen LogP contribution < -0.4 is 10.4 Å². The summed E-state index contributed by atoms with van der Waals surface area (Å²) in [4.78, 5) is 21.5. The zero-order chi connectivity index (χ0) is 19.3. The third-order valence-electron chi connectivity index (χ3n) is 4.13. The molecule has 0 saturated carbocycles. The first-order valence-corrected chi connectivity index (χ1v) is 9.69. The molecule has 0 unspecified atom stereocenters. The molecule has 1 fully saturated rings. The average Bonchev–Trinajstić information content (AvgIpc) is 2.73. The lowest BCUT2D eigenvalue weighted by Gasteiger charge is -2.33. The number of carbonyl (C=O) groups excluding carboxylic acids is 1. The van der Waals surface area contributed by atoms with Gasteiger partial charge in [0.2, 0.25) is 16.0 Å². The number of sulfonamides is 1. The molecule has 2 aromatic rings. The van der Waals surface area contributed by atoms with Crippen molar-refractivity contribution in [2.45, 2.75) is 4.90 Å². The number of hydrogen-bond donors (Lipinski definition) is 2. The minimum absolute atomic E-state index is 0.190. The average molecular weight is 389 g/mol. The van der Waals surface area contributed by atoms with Gasteiger partial charge in [-0.05, 0) is 29.8 Å². The van der Waals surface area contributed by atoms with E-state index in [2.05, 4.69) is 9.97 Å². The highest BCUT2D eigenvalue weighted by Crippen LogP contribution is 2.20. The third-order valence-corrected chi connectivity index (χ3v) is 6.04. The van der Waals surface area contributed by atoms with Crippen LogP contribution in [0.5, 0.6) is 0 Å². The van der Waals surface area contributed by atoms with Gasteiger partial charge in [-0.3, -0.25) is 10.0 Å². The van der Waals surface area contributed by atoms with Crippen molar-refractivity contribution >= 4 is 28.0 Å². The molecule has 1 amide bonds. The van der Waals surface area contributed by atoms with Gasteiger partial charge >= 0.3 is 0 Å². The highest BCUT2D eigenvalue weighted by Gasteiger charge is 2.29. The lowest BCUT2D eigenvalue weighted by molar-refractivity contribution is -0.124. The van der Waals surface area contributed by atoms with E-state index in [-0.39, 0.29) is 4.90 Å². The summed E-state index contributed by atoms with van der Waals surface area (Å²) in [5.74, 6) is -0.0652. The molecular weight excluding hydrogens is 370 g/mol. The number of anilines is 1. The summed E-state index contributed by atoms with van der Waals surface area (Å²) >= 11 is 0. The largest absolute Gasteiger partial charge is 0.338 e. The van der Waals surface area contributed by atoms with Crippen molar-refractivity contribution in [2.24, 2.45) is 0 Å². The van der Waals surface area contributed by atoms with Crippen molar-refractivity contribution in [3.05, 3.63) is 54.4 Å². The Labute approximate surface area is 157 Å². The number of piperazine rings is 1. The van der Waals surface area contributed by atoms with Crippen LogP contribution in [0.25, 0.3) is 6.08 Å². The molecule has 1 saturated heterocycles. The second kappa shape index (κ2) is 8.25. The smallest absolute Gasteiger partial charge is 0.267 e. The quantitative estimate of drug-likeness (QED) is 0.435. The first kappa shape index (κ1) is 19.0. The van der Waals surface area contributed by atoms with Gasteiger partial charge < -0.3 is 4.90 Å². The topological polar surface area (TPSA) is 116 Å². The van der Waals surface area contributed by atoms with Gasteiger partial charge in [-0.25, -0.2) is 23.9 Å². The number of hydrogen-bond acceptors (Lipinski definition) is 7. The van der Waals surface area contributed by atoms with Gasteiger partial charge in [0, 0.05) is 44.6 Å². The fraction of sp³-hybridized carbons (Fsp3) is 0.235. The first-order chi connectivity index (χ1) is 13.0. The van der Waals surface area contributed by atoms with E-state index < -0.39 is 15.9 Å². The van der Waals surface area contributed by atoms with Crippen molar-refractivity contribution < 1.29 is 18.4 Å². The molecule has 1 aliphatic heterocycles. The highest BCUT2D eigenvalue weighted by molar-refractivity contribution is 7.89. The highest BCUT2D eigenvalue weighted by atomic mass is 32.2. The monoisotopic (exact) mass is 389 g/mol. The fourth-order valence-corrected chi connectivity index (χ4v) is 4.11. The molecule has 2 N–H and O–H groups in total. The third kappa shape index (κ3) is 4.48. The van der Waals surface area contributed by atoms with Gasteiger partial charge in [-0.15, -0.1) is 0 Å². The fourth-order valence-electron chi connectivity index (χ4n) is 2.69. The van der Waals surface area contributed by atoms with E-state index in [1.54, 1.807) is 30.6 Å². The van der Waals surface area contributed by atoms with Gasteiger partial charge in [-0.1, -0.05) is 12.1 Å². The summed E-state index contributed by atoms with van der Waals surface area (Å²) in [5, 5.41) is 8.45. The van der Waals surface area contributed by atoms with Crippen LogP contribution in [0.2, 0.25) is 0 Å². The van der Waals surface area contributed by atoms with Gasteiger partial charge in [-0.2, -0.15) is 4.31 Å². The van der Waals surface area contributed by atoms with Crippen molar-refractivity contribution in [3.63, 3.8) is 0 Å². The standard InChI is InChI=1S/C17H19N5O4S/c23-16(20-24)7-4-14-2-5-15(6-3-14)27(25,26)22-12-10-21(11-13-22)17-18-8-1-9-19-17/h1-9,24H,10-13H2,(H,20,23). The number of aromatic nitrogens is 2. The van der Waals surface area contributed by atoms with E-state index in [0.29, 0.717) is 37.7 Å². The molecule has 1 aromatic heterocycles. The van der Waals surface area contributed by atoms with Crippen molar-refractivity contribution in [1.29, 1.82) is 0 Å². The molecule has 1 aromatic carbocycles. The second-order valence-electron chi connectivity index (χ2n) is 5.82. The molecule has 2 heterocycles. The Balaban J connectivity index is 1.66. The molecule has 9 nitrogen and oxygen atoms in total. The van der Waals surface area contributed by atoms with Crippen LogP contribution in [0, 0.1) is 0 Å². The number of carbonyl (C=O) groups is 1. The number of hydroxylamine groups is 1. The Bertz CT molecular complexity index is 908. The van der Waals surface area contributed by atoms with E-state index in [1.165, 1.54) is 28.0 Å². The Morgan fingerprint density at radius 3 is 2.30 bits per heavy atom. The summed E-state index contributed by atoms with van der Waals surface area (Å²) in [5.41, 5.74) is 2.13. The van der Waals surface area contributed by atoms with E-state index in [4.69, 9.17) is 5.21 Å². The lowest BCUT2D eigenvalue weighted by atomic mass is 10.2. The SMILES string of the molecule is O=C(C=Cc1ccc(S(=O)(=O)N2CCN(c3ncccn3)CC2)cc1)NO. The minimum atomic E-state index is -3.60. The number of rotatable bonds is 5. The Hall–Kier alpha value is -2.82. The summed E-state index contributed by atoms with van der Waals surface area (Å²) < 4.78 is 27.1. The molecule has 1 aliphatic rings. The molecule has 10 heteroatoms. The molecule has 0 radical (unpaired) electrons. The maximum Gasteiger partial charge on any atom is 0.267 e. The maximum absolute atomic E-state index is 12.8. The maximum atomic E-state index is 12.8. The minimum Gasteiger partial charge on any atom is -0.338 e. The molecular formula is C17H19N5O4S. The lowest BCUT2D eigenvalue weighted by Crippen LogP contribution is -2.49. The van der Waals surface area contributed by atoms with Gasteiger partial charge in [0.25, 0.3) is 5.91 Å². The Morgan fingerprint density at radius 1 is 1.07 bits per heavy atom. The summed E-state index contributed by atoms with van der Waals surface area (Å²) in [7, 11) is -3.60. The molecule has 0 aliphatic carbocycles. The summed E-state index contributed by atoms with van der Waals surface area (Å²) in [6, 6.07) is 7.93. The van der Waals surface area contributed by atoms with Crippen LogP contribution in [0.4, 0.5) is 5.95 Å². The van der Waals surface area contributed by atoms with E-state index in [0.717, 1.165) is 6.08 Å².